The second-order valence-corrected chi connectivity index (χ2v) is 5.88. The topological polar surface area (TPSA) is 66.4 Å². The first-order valence-electron chi connectivity index (χ1n) is 7.78. The zero-order chi connectivity index (χ0) is 18.6. The van der Waals surface area contributed by atoms with Crippen LogP contribution in [0.3, 0.4) is 0 Å². The number of aromatic carboxylic acids is 1. The summed E-state index contributed by atoms with van der Waals surface area (Å²) < 4.78 is 25.5. The highest BCUT2D eigenvalue weighted by Crippen LogP contribution is 2.22. The lowest BCUT2D eigenvalue weighted by molar-refractivity contribution is -0.121. The molecule has 1 amide bonds. The summed E-state index contributed by atoms with van der Waals surface area (Å²) in [5, 5.41) is 11.7. The molecule has 2 N–H and O–H groups in total. The highest BCUT2D eigenvalue weighted by Gasteiger charge is 2.14. The normalized spacial score (nSPS) is 12.0. The molecule has 4 nitrogen and oxygen atoms in total. The number of halogens is 2. The Bertz CT molecular complexity index is 790. The van der Waals surface area contributed by atoms with Crippen LogP contribution in [-0.2, 0) is 11.2 Å². The Morgan fingerprint density at radius 3 is 2.40 bits per heavy atom. The Hall–Kier alpha value is -2.76. The molecule has 0 aliphatic carbocycles. The van der Waals surface area contributed by atoms with Gasteiger partial charge in [-0.1, -0.05) is 24.3 Å². The maximum Gasteiger partial charge on any atom is 0.335 e. The highest BCUT2D eigenvalue weighted by atomic mass is 19.3. The number of hydrogen-bond acceptors (Lipinski definition) is 2. The molecule has 132 valence electrons. The molecule has 0 fully saturated rings. The molecule has 1 unspecified atom stereocenters. The molecule has 1 atom stereocenters. The third kappa shape index (κ3) is 4.86. The first kappa shape index (κ1) is 18.6. The molecule has 0 heterocycles. The van der Waals surface area contributed by atoms with Crippen LogP contribution in [0.2, 0.25) is 0 Å². The van der Waals surface area contributed by atoms with Crippen LogP contribution in [0.5, 0.6) is 0 Å². The lowest BCUT2D eigenvalue weighted by atomic mass is 10.0. The number of carboxylic acid groups (broad SMARTS) is 1. The van der Waals surface area contributed by atoms with Crippen molar-refractivity contribution in [2.75, 3.05) is 0 Å². The third-order valence-electron chi connectivity index (χ3n) is 3.98. The minimum absolute atomic E-state index is 0.0845. The minimum Gasteiger partial charge on any atom is -0.478 e. The monoisotopic (exact) mass is 347 g/mol. The number of amides is 1. The minimum atomic E-state index is -2.56. The van der Waals surface area contributed by atoms with Gasteiger partial charge in [-0.15, -0.1) is 0 Å². The molecule has 0 saturated heterocycles. The van der Waals surface area contributed by atoms with Gasteiger partial charge in [0.1, 0.15) is 0 Å². The summed E-state index contributed by atoms with van der Waals surface area (Å²) in [7, 11) is 0. The van der Waals surface area contributed by atoms with Gasteiger partial charge in [-0.25, -0.2) is 13.6 Å². The summed E-state index contributed by atoms with van der Waals surface area (Å²) in [6.45, 7) is 3.47. The van der Waals surface area contributed by atoms with Crippen molar-refractivity contribution in [1.82, 2.24) is 5.32 Å². The predicted octanol–water partition coefficient (Wildman–Crippen LogP) is 4.05. The van der Waals surface area contributed by atoms with Crippen LogP contribution in [0.15, 0.2) is 42.5 Å². The second kappa shape index (κ2) is 7.88. The quantitative estimate of drug-likeness (QED) is 0.828. The van der Waals surface area contributed by atoms with Crippen molar-refractivity contribution < 1.29 is 23.5 Å². The van der Waals surface area contributed by atoms with Crippen LogP contribution < -0.4 is 5.32 Å². The van der Waals surface area contributed by atoms with E-state index in [1.807, 2.05) is 0 Å². The van der Waals surface area contributed by atoms with Crippen molar-refractivity contribution in [3.05, 3.63) is 70.3 Å². The van der Waals surface area contributed by atoms with Gasteiger partial charge in [0, 0.05) is 5.56 Å². The zero-order valence-electron chi connectivity index (χ0n) is 13.9. The summed E-state index contributed by atoms with van der Waals surface area (Å²) in [6.07, 6.45) is -2.47. The summed E-state index contributed by atoms with van der Waals surface area (Å²) in [4.78, 5) is 23.1. The van der Waals surface area contributed by atoms with E-state index in [9.17, 15) is 18.4 Å². The van der Waals surface area contributed by atoms with E-state index in [1.165, 1.54) is 30.3 Å². The van der Waals surface area contributed by atoms with E-state index in [-0.39, 0.29) is 23.5 Å². The van der Waals surface area contributed by atoms with Gasteiger partial charge in [-0.05, 0) is 48.7 Å². The van der Waals surface area contributed by atoms with Gasteiger partial charge in [0.05, 0.1) is 18.0 Å². The molecule has 25 heavy (non-hydrogen) atoms. The number of nitrogens with one attached hydrogen (secondary N) is 1. The SMILES string of the molecule is Cc1cc(C(=O)O)ccc1CC(=O)NC(C)c1cccc(C(F)F)c1. The number of hydrogen-bond donors (Lipinski definition) is 2. The average molecular weight is 347 g/mol. The van der Waals surface area contributed by atoms with Gasteiger partial charge in [0.15, 0.2) is 0 Å². The molecular weight excluding hydrogens is 328 g/mol. The van der Waals surface area contributed by atoms with Gasteiger partial charge >= 0.3 is 5.97 Å². The first-order valence-corrected chi connectivity index (χ1v) is 7.78. The van der Waals surface area contributed by atoms with Crippen LogP contribution >= 0.6 is 0 Å². The van der Waals surface area contributed by atoms with E-state index in [2.05, 4.69) is 5.32 Å². The Morgan fingerprint density at radius 1 is 1.12 bits per heavy atom. The van der Waals surface area contributed by atoms with Gasteiger partial charge in [0.25, 0.3) is 6.43 Å². The molecule has 6 heteroatoms. The Morgan fingerprint density at radius 2 is 1.80 bits per heavy atom. The number of benzene rings is 2. The molecule has 0 aliphatic heterocycles. The van der Waals surface area contributed by atoms with Crippen molar-refractivity contribution in [3.63, 3.8) is 0 Å². The number of carbonyl (C=O) groups excluding carboxylic acids is 1. The highest BCUT2D eigenvalue weighted by molar-refractivity contribution is 5.88. The van der Waals surface area contributed by atoms with Crippen LogP contribution in [0.4, 0.5) is 8.78 Å². The van der Waals surface area contributed by atoms with E-state index in [0.717, 1.165) is 5.56 Å². The summed E-state index contributed by atoms with van der Waals surface area (Å²) in [6, 6.07) is 10.1. The van der Waals surface area contributed by atoms with Gasteiger partial charge in [-0.2, -0.15) is 0 Å². The van der Waals surface area contributed by atoms with Crippen molar-refractivity contribution in [1.29, 1.82) is 0 Å². The largest absolute Gasteiger partial charge is 0.478 e. The molecule has 2 rings (SSSR count). The van der Waals surface area contributed by atoms with Crippen molar-refractivity contribution in [2.24, 2.45) is 0 Å². The summed E-state index contributed by atoms with van der Waals surface area (Å²) in [5.41, 5.74) is 2.11. The predicted molar refractivity (Wildman–Crippen MR) is 89.8 cm³/mol. The van der Waals surface area contributed by atoms with E-state index in [0.29, 0.717) is 11.1 Å². The maximum atomic E-state index is 12.8. The lowest BCUT2D eigenvalue weighted by Crippen LogP contribution is -2.28. The fourth-order valence-corrected chi connectivity index (χ4v) is 2.54. The number of aryl methyl sites for hydroxylation is 1. The van der Waals surface area contributed by atoms with Crippen molar-refractivity contribution in [2.45, 2.75) is 32.7 Å². The number of carboxylic acids is 1. The maximum absolute atomic E-state index is 12.8. The van der Waals surface area contributed by atoms with E-state index in [1.54, 1.807) is 26.0 Å². The molecule has 0 bridgehead atoms. The number of carbonyl (C=O) groups is 2. The number of alkyl halides is 2. The molecule has 2 aromatic rings. The third-order valence-corrected chi connectivity index (χ3v) is 3.98. The van der Waals surface area contributed by atoms with Crippen molar-refractivity contribution in [3.8, 4) is 0 Å². The Kier molecular flexibility index (Phi) is 5.85. The smallest absolute Gasteiger partial charge is 0.335 e. The zero-order valence-corrected chi connectivity index (χ0v) is 13.9. The molecule has 0 spiro atoms. The van der Waals surface area contributed by atoms with E-state index >= 15 is 0 Å². The van der Waals surface area contributed by atoms with Gasteiger partial charge < -0.3 is 10.4 Å². The molecule has 0 aliphatic rings. The molecule has 0 aromatic heterocycles. The standard InChI is InChI=1S/C19H19F2NO3/c1-11-8-16(19(24)25)7-6-13(11)10-17(23)22-12(2)14-4-3-5-15(9-14)18(20)21/h3-9,12,18H,10H2,1-2H3,(H,22,23)(H,24,25). The van der Waals surface area contributed by atoms with Crippen LogP contribution in [-0.4, -0.2) is 17.0 Å². The van der Waals surface area contributed by atoms with E-state index in [4.69, 9.17) is 5.11 Å². The molecule has 0 saturated carbocycles. The Labute approximate surface area is 144 Å². The van der Waals surface area contributed by atoms with E-state index < -0.39 is 18.4 Å². The molecular formula is C19H19F2NO3. The van der Waals surface area contributed by atoms with Crippen LogP contribution in [0, 0.1) is 6.92 Å². The van der Waals surface area contributed by atoms with Gasteiger partial charge in [0.2, 0.25) is 5.91 Å². The van der Waals surface area contributed by atoms with Gasteiger partial charge in [-0.3, -0.25) is 4.79 Å². The fourth-order valence-electron chi connectivity index (χ4n) is 2.54. The average Bonchev–Trinajstić information content (AvgIpc) is 2.56. The summed E-state index contributed by atoms with van der Waals surface area (Å²) in [5.74, 6) is -1.28. The van der Waals surface area contributed by atoms with Crippen molar-refractivity contribution >= 4 is 11.9 Å². The summed E-state index contributed by atoms with van der Waals surface area (Å²) >= 11 is 0. The Balaban J connectivity index is 2.05. The first-order chi connectivity index (χ1) is 11.8. The molecule has 0 radical (unpaired) electrons. The lowest BCUT2D eigenvalue weighted by Gasteiger charge is -2.16. The molecule has 2 aromatic carbocycles. The van der Waals surface area contributed by atoms with Crippen LogP contribution in [0.25, 0.3) is 0 Å². The number of rotatable bonds is 6. The van der Waals surface area contributed by atoms with Crippen LogP contribution in [0.1, 0.15) is 52.0 Å². The second-order valence-electron chi connectivity index (χ2n) is 5.88. The fraction of sp³-hybridized carbons (Fsp3) is 0.263.